The summed E-state index contributed by atoms with van der Waals surface area (Å²) in [6.45, 7) is 3.42. The van der Waals surface area contributed by atoms with E-state index in [0.29, 0.717) is 12.8 Å². The second kappa shape index (κ2) is 43.6. The van der Waals surface area contributed by atoms with Crippen LogP contribution in [0.3, 0.4) is 0 Å². The molecule has 8 N–H and O–H groups in total. The van der Waals surface area contributed by atoms with Crippen molar-refractivity contribution in [3.63, 3.8) is 0 Å². The Hall–Kier alpha value is -1.67. The standard InChI is InChI=1S/C54H101NO10/c1-3-5-7-9-11-13-15-17-18-19-20-21-22-23-24-25-26-27-28-29-30-32-34-36-38-40-42-47(58)53(63)55-45(44-64-54-52(62)51(61)50(60)48(43-56)65-54)49(59)46(57)41-39-37-35-33-31-16-14-12-10-8-6-4-2/h20-21,23-24,33,35,45-52,54,56-62H,3-19,22,25-32,34,36-44H2,1-2H3,(H,55,63)/b21-20-,24-23-,35-33+. The van der Waals surface area contributed by atoms with Crippen LogP contribution in [0, 0.1) is 0 Å². The summed E-state index contributed by atoms with van der Waals surface area (Å²) in [5.41, 5.74) is 0. The molecule has 1 saturated heterocycles. The highest BCUT2D eigenvalue weighted by atomic mass is 16.7. The first-order valence-corrected chi connectivity index (χ1v) is 26.9. The van der Waals surface area contributed by atoms with Gasteiger partial charge in [0.2, 0.25) is 5.91 Å². The van der Waals surface area contributed by atoms with Crippen molar-refractivity contribution in [1.82, 2.24) is 5.32 Å². The molecule has 1 aliphatic heterocycles. The number of allylic oxidation sites excluding steroid dienone is 6. The molecule has 1 aliphatic rings. The zero-order valence-electron chi connectivity index (χ0n) is 41.5. The van der Waals surface area contributed by atoms with Crippen LogP contribution in [0.25, 0.3) is 0 Å². The number of rotatable bonds is 45. The van der Waals surface area contributed by atoms with Crippen molar-refractivity contribution in [3.8, 4) is 0 Å². The molecule has 0 spiro atoms. The van der Waals surface area contributed by atoms with E-state index in [2.05, 4.69) is 55.6 Å². The van der Waals surface area contributed by atoms with Crippen LogP contribution < -0.4 is 5.32 Å². The Bertz CT molecular complexity index is 1150. The summed E-state index contributed by atoms with van der Waals surface area (Å²) in [5, 5.41) is 75.8. The zero-order valence-corrected chi connectivity index (χ0v) is 41.5. The SMILES string of the molecule is CCCCCCCCC/C=C/CCCC(O)C(O)C(COC1OC(CO)C(O)C(O)C1O)NC(=O)C(O)CCCCCCCCCCCC/C=C\C/C=C\CCCCCCCCCCC. The lowest BCUT2D eigenvalue weighted by molar-refractivity contribution is -0.303. The summed E-state index contributed by atoms with van der Waals surface area (Å²) < 4.78 is 11.1. The first-order valence-electron chi connectivity index (χ1n) is 26.9. The maximum Gasteiger partial charge on any atom is 0.249 e. The lowest BCUT2D eigenvalue weighted by Gasteiger charge is -2.40. The molecule has 0 aromatic heterocycles. The number of hydrogen-bond acceptors (Lipinski definition) is 10. The Kier molecular flexibility index (Phi) is 41.1. The molecule has 11 nitrogen and oxygen atoms in total. The van der Waals surface area contributed by atoms with E-state index in [0.717, 1.165) is 51.4 Å². The van der Waals surface area contributed by atoms with Crippen LogP contribution in [-0.4, -0.2) is 110 Å². The molecular formula is C54H101NO10. The zero-order chi connectivity index (χ0) is 47.6. The molecule has 0 aromatic rings. The fourth-order valence-corrected chi connectivity index (χ4v) is 8.47. The number of unbranched alkanes of at least 4 members (excludes halogenated alkanes) is 27. The van der Waals surface area contributed by atoms with E-state index in [9.17, 15) is 40.5 Å². The highest BCUT2D eigenvalue weighted by molar-refractivity contribution is 5.80. The molecule has 9 atom stereocenters. The summed E-state index contributed by atoms with van der Waals surface area (Å²) >= 11 is 0. The molecule has 0 bridgehead atoms. The highest BCUT2D eigenvalue weighted by Crippen LogP contribution is 2.23. The van der Waals surface area contributed by atoms with Crippen LogP contribution in [-0.2, 0) is 14.3 Å². The number of aliphatic hydroxyl groups is 7. The van der Waals surface area contributed by atoms with Crippen LogP contribution in [0.4, 0.5) is 0 Å². The van der Waals surface area contributed by atoms with Gasteiger partial charge >= 0.3 is 0 Å². The van der Waals surface area contributed by atoms with Gasteiger partial charge in [-0.1, -0.05) is 198 Å². The van der Waals surface area contributed by atoms with Crippen LogP contribution in [0.2, 0.25) is 0 Å². The van der Waals surface area contributed by atoms with Crippen molar-refractivity contribution in [1.29, 1.82) is 0 Å². The molecule has 11 heteroatoms. The Balaban J connectivity index is 2.31. The minimum absolute atomic E-state index is 0.250. The summed E-state index contributed by atoms with van der Waals surface area (Å²) in [6.07, 6.45) is 40.6. The summed E-state index contributed by atoms with van der Waals surface area (Å²) in [7, 11) is 0. The lowest BCUT2D eigenvalue weighted by Crippen LogP contribution is -2.60. The fraction of sp³-hybridized carbons (Fsp3) is 0.870. The van der Waals surface area contributed by atoms with Gasteiger partial charge in [-0.3, -0.25) is 4.79 Å². The minimum Gasteiger partial charge on any atom is -0.394 e. The van der Waals surface area contributed by atoms with Gasteiger partial charge in [0, 0.05) is 0 Å². The topological polar surface area (TPSA) is 189 Å². The Morgan fingerprint density at radius 1 is 0.538 bits per heavy atom. The molecule has 0 radical (unpaired) electrons. The van der Waals surface area contributed by atoms with Crippen LogP contribution >= 0.6 is 0 Å². The molecule has 1 rings (SSSR count). The molecule has 0 saturated carbocycles. The van der Waals surface area contributed by atoms with Gasteiger partial charge in [0.05, 0.1) is 25.4 Å². The van der Waals surface area contributed by atoms with E-state index in [-0.39, 0.29) is 12.8 Å². The van der Waals surface area contributed by atoms with E-state index >= 15 is 0 Å². The minimum atomic E-state index is -1.67. The molecular weight excluding hydrogens is 823 g/mol. The quantitative estimate of drug-likeness (QED) is 0.0216. The van der Waals surface area contributed by atoms with Crippen LogP contribution in [0.1, 0.15) is 232 Å². The van der Waals surface area contributed by atoms with E-state index in [1.807, 2.05) is 0 Å². The molecule has 0 aromatic carbocycles. The number of ether oxygens (including phenoxy) is 2. The predicted molar refractivity (Wildman–Crippen MR) is 265 cm³/mol. The number of aliphatic hydroxyl groups excluding tert-OH is 7. The van der Waals surface area contributed by atoms with Gasteiger partial charge in [-0.2, -0.15) is 0 Å². The van der Waals surface area contributed by atoms with Gasteiger partial charge in [0.15, 0.2) is 6.29 Å². The molecule has 382 valence electrons. The van der Waals surface area contributed by atoms with Crippen molar-refractivity contribution in [2.45, 2.75) is 287 Å². The molecule has 0 aliphatic carbocycles. The van der Waals surface area contributed by atoms with Crippen molar-refractivity contribution >= 4 is 5.91 Å². The second-order valence-corrected chi connectivity index (χ2v) is 18.9. The van der Waals surface area contributed by atoms with Gasteiger partial charge in [-0.05, 0) is 70.6 Å². The molecule has 9 unspecified atom stereocenters. The van der Waals surface area contributed by atoms with Gasteiger partial charge < -0.3 is 50.5 Å². The maximum absolute atomic E-state index is 13.1. The third kappa shape index (κ3) is 32.7. The van der Waals surface area contributed by atoms with Crippen molar-refractivity contribution in [2.24, 2.45) is 0 Å². The maximum atomic E-state index is 13.1. The Morgan fingerprint density at radius 3 is 1.42 bits per heavy atom. The Morgan fingerprint density at radius 2 is 0.954 bits per heavy atom. The fourth-order valence-electron chi connectivity index (χ4n) is 8.47. The second-order valence-electron chi connectivity index (χ2n) is 18.9. The van der Waals surface area contributed by atoms with E-state index in [4.69, 9.17) is 9.47 Å². The van der Waals surface area contributed by atoms with Gasteiger partial charge in [-0.25, -0.2) is 0 Å². The molecule has 1 amide bonds. The average molecular weight is 924 g/mol. The first kappa shape index (κ1) is 61.3. The van der Waals surface area contributed by atoms with Crippen LogP contribution in [0.5, 0.6) is 0 Å². The molecule has 65 heavy (non-hydrogen) atoms. The summed E-state index contributed by atoms with van der Waals surface area (Å²) in [5.74, 6) is -0.709. The summed E-state index contributed by atoms with van der Waals surface area (Å²) in [6, 6.07) is -1.18. The predicted octanol–water partition coefficient (Wildman–Crippen LogP) is 10.3. The van der Waals surface area contributed by atoms with Crippen molar-refractivity contribution in [2.75, 3.05) is 13.2 Å². The third-order valence-corrected chi connectivity index (χ3v) is 12.9. The largest absolute Gasteiger partial charge is 0.394 e. The molecule has 1 heterocycles. The monoisotopic (exact) mass is 924 g/mol. The number of carbonyl (C=O) groups is 1. The normalized spacial score (nSPS) is 21.2. The van der Waals surface area contributed by atoms with E-state index in [1.165, 1.54) is 141 Å². The molecule has 1 fully saturated rings. The first-order chi connectivity index (χ1) is 31.7. The van der Waals surface area contributed by atoms with Gasteiger partial charge in [0.1, 0.15) is 36.6 Å². The number of amides is 1. The lowest BCUT2D eigenvalue weighted by atomic mass is 9.98. The summed E-state index contributed by atoms with van der Waals surface area (Å²) in [4.78, 5) is 13.1. The Labute approximate surface area is 397 Å². The van der Waals surface area contributed by atoms with Crippen molar-refractivity contribution in [3.05, 3.63) is 36.5 Å². The third-order valence-electron chi connectivity index (χ3n) is 12.9. The van der Waals surface area contributed by atoms with Crippen molar-refractivity contribution < 1.29 is 50.0 Å². The average Bonchev–Trinajstić information content (AvgIpc) is 3.31. The highest BCUT2D eigenvalue weighted by Gasteiger charge is 2.44. The smallest absolute Gasteiger partial charge is 0.249 e. The number of carbonyl (C=O) groups excluding carboxylic acids is 1. The van der Waals surface area contributed by atoms with E-state index in [1.54, 1.807) is 0 Å². The van der Waals surface area contributed by atoms with E-state index < -0.39 is 74.2 Å². The van der Waals surface area contributed by atoms with Gasteiger partial charge in [-0.15, -0.1) is 0 Å². The van der Waals surface area contributed by atoms with Gasteiger partial charge in [0.25, 0.3) is 0 Å². The number of nitrogens with one attached hydrogen (secondary N) is 1. The van der Waals surface area contributed by atoms with Crippen LogP contribution in [0.15, 0.2) is 36.5 Å². The number of hydrogen-bond donors (Lipinski definition) is 8.